The third kappa shape index (κ3) is 6.37. The number of methoxy groups -OCH3 is 2. The molecule has 0 saturated heterocycles. The summed E-state index contributed by atoms with van der Waals surface area (Å²) in [5.41, 5.74) is 2.54. The third-order valence-electron chi connectivity index (χ3n) is 3.19. The zero-order valence-corrected chi connectivity index (χ0v) is 13.0. The van der Waals surface area contributed by atoms with Gasteiger partial charge in [0.1, 0.15) is 0 Å². The van der Waals surface area contributed by atoms with Crippen molar-refractivity contribution in [1.82, 2.24) is 5.32 Å². The molecule has 0 spiro atoms. The Morgan fingerprint density at radius 2 is 1.60 bits per heavy atom. The molecule has 0 radical (unpaired) electrons. The van der Waals surface area contributed by atoms with E-state index in [1.54, 1.807) is 14.2 Å². The highest BCUT2D eigenvalue weighted by atomic mass is 16.5. The lowest BCUT2D eigenvalue weighted by atomic mass is 10.2. The van der Waals surface area contributed by atoms with Crippen LogP contribution in [-0.2, 0) is 16.0 Å². The fraction of sp³-hybridized carbons (Fsp3) is 0.625. The molecule has 0 amide bonds. The molecule has 114 valence electrons. The smallest absolute Gasteiger partial charge is 0.0637 e. The molecule has 0 unspecified atom stereocenters. The van der Waals surface area contributed by atoms with E-state index in [0.717, 1.165) is 39.4 Å². The van der Waals surface area contributed by atoms with Crippen molar-refractivity contribution in [3.05, 3.63) is 29.8 Å². The molecule has 1 rings (SSSR count). The van der Waals surface area contributed by atoms with Crippen LogP contribution in [0.5, 0.6) is 0 Å². The first kappa shape index (κ1) is 17.0. The van der Waals surface area contributed by atoms with Crippen LogP contribution in [0.1, 0.15) is 18.9 Å². The lowest BCUT2D eigenvalue weighted by Gasteiger charge is -2.24. The van der Waals surface area contributed by atoms with Crippen molar-refractivity contribution < 1.29 is 9.47 Å². The summed E-state index contributed by atoms with van der Waals surface area (Å²) in [6.07, 6.45) is 1.17. The van der Waals surface area contributed by atoms with Crippen LogP contribution in [0.4, 0.5) is 5.69 Å². The van der Waals surface area contributed by atoms with Crippen molar-refractivity contribution in [2.45, 2.75) is 19.9 Å². The summed E-state index contributed by atoms with van der Waals surface area (Å²) >= 11 is 0. The summed E-state index contributed by atoms with van der Waals surface area (Å²) in [7, 11) is 3.47. The van der Waals surface area contributed by atoms with Gasteiger partial charge in [-0.3, -0.25) is 0 Å². The van der Waals surface area contributed by atoms with Gasteiger partial charge < -0.3 is 19.7 Å². The Morgan fingerprint density at radius 3 is 2.10 bits per heavy atom. The topological polar surface area (TPSA) is 33.7 Å². The molecule has 4 heteroatoms. The lowest BCUT2D eigenvalue weighted by Crippen LogP contribution is -2.30. The van der Waals surface area contributed by atoms with Crippen LogP contribution in [0, 0.1) is 0 Å². The van der Waals surface area contributed by atoms with Gasteiger partial charge in [0.05, 0.1) is 13.2 Å². The first-order valence-corrected chi connectivity index (χ1v) is 7.34. The van der Waals surface area contributed by atoms with E-state index in [1.807, 2.05) is 0 Å². The number of hydrogen-bond donors (Lipinski definition) is 1. The Balaban J connectivity index is 2.56. The molecule has 1 aromatic rings. The molecule has 1 aromatic carbocycles. The average Bonchev–Trinajstić information content (AvgIpc) is 2.49. The average molecular weight is 280 g/mol. The number of hydrogen-bond acceptors (Lipinski definition) is 4. The van der Waals surface area contributed by atoms with Gasteiger partial charge in [0.2, 0.25) is 0 Å². The predicted octanol–water partition coefficient (Wildman–Crippen LogP) is 2.29. The van der Waals surface area contributed by atoms with Crippen LogP contribution in [-0.4, -0.2) is 47.1 Å². The van der Waals surface area contributed by atoms with Crippen molar-refractivity contribution in [2.24, 2.45) is 0 Å². The van der Waals surface area contributed by atoms with Gasteiger partial charge in [-0.2, -0.15) is 0 Å². The van der Waals surface area contributed by atoms with E-state index in [4.69, 9.17) is 9.47 Å². The minimum absolute atomic E-state index is 0.726. The van der Waals surface area contributed by atoms with E-state index in [0.29, 0.717) is 0 Å². The van der Waals surface area contributed by atoms with Gasteiger partial charge in [-0.15, -0.1) is 0 Å². The van der Waals surface area contributed by atoms with Crippen LogP contribution < -0.4 is 10.2 Å². The quantitative estimate of drug-likeness (QED) is 0.631. The van der Waals surface area contributed by atoms with E-state index >= 15 is 0 Å². The third-order valence-corrected chi connectivity index (χ3v) is 3.19. The molecule has 0 fully saturated rings. The Labute approximate surface area is 123 Å². The van der Waals surface area contributed by atoms with E-state index in [9.17, 15) is 0 Å². The summed E-state index contributed by atoms with van der Waals surface area (Å²) in [6, 6.07) is 8.72. The van der Waals surface area contributed by atoms with Gasteiger partial charge in [0.25, 0.3) is 0 Å². The number of nitrogens with one attached hydrogen (secondary N) is 1. The Morgan fingerprint density at radius 1 is 1.00 bits per heavy atom. The van der Waals surface area contributed by atoms with Gasteiger partial charge in [-0.25, -0.2) is 0 Å². The molecule has 0 atom stereocenters. The van der Waals surface area contributed by atoms with Crippen molar-refractivity contribution in [2.75, 3.05) is 52.0 Å². The molecule has 0 bridgehead atoms. The number of rotatable bonds is 11. The molecule has 0 aliphatic rings. The van der Waals surface area contributed by atoms with E-state index in [-0.39, 0.29) is 0 Å². The number of anilines is 1. The summed E-state index contributed by atoms with van der Waals surface area (Å²) in [6.45, 7) is 7.40. The SMILES string of the molecule is CCCNCc1ccc(N(CCOC)CCOC)cc1. The molecule has 20 heavy (non-hydrogen) atoms. The fourth-order valence-corrected chi connectivity index (χ4v) is 2.01. The second-order valence-electron chi connectivity index (χ2n) is 4.82. The first-order chi connectivity index (χ1) is 9.81. The summed E-state index contributed by atoms with van der Waals surface area (Å²) in [4.78, 5) is 2.29. The largest absolute Gasteiger partial charge is 0.383 e. The number of ether oxygens (including phenoxy) is 2. The van der Waals surface area contributed by atoms with Crippen LogP contribution in [0.25, 0.3) is 0 Å². The van der Waals surface area contributed by atoms with E-state index in [1.165, 1.54) is 17.7 Å². The zero-order chi connectivity index (χ0) is 14.6. The fourth-order valence-electron chi connectivity index (χ4n) is 2.01. The molecule has 0 saturated carbocycles. The van der Waals surface area contributed by atoms with Crippen molar-refractivity contribution in [3.8, 4) is 0 Å². The summed E-state index contributed by atoms with van der Waals surface area (Å²) in [5.74, 6) is 0. The monoisotopic (exact) mass is 280 g/mol. The Hall–Kier alpha value is -1.10. The maximum absolute atomic E-state index is 5.17. The molecule has 0 heterocycles. The predicted molar refractivity (Wildman–Crippen MR) is 84.4 cm³/mol. The Kier molecular flexibility index (Phi) is 9.04. The Bertz CT molecular complexity index is 333. The van der Waals surface area contributed by atoms with Gasteiger partial charge in [-0.05, 0) is 30.7 Å². The van der Waals surface area contributed by atoms with Crippen molar-refractivity contribution >= 4 is 5.69 Å². The van der Waals surface area contributed by atoms with Crippen LogP contribution >= 0.6 is 0 Å². The minimum Gasteiger partial charge on any atom is -0.383 e. The first-order valence-electron chi connectivity index (χ1n) is 7.34. The molecule has 0 aliphatic carbocycles. The molecular weight excluding hydrogens is 252 g/mol. The van der Waals surface area contributed by atoms with Crippen molar-refractivity contribution in [3.63, 3.8) is 0 Å². The van der Waals surface area contributed by atoms with Crippen LogP contribution in [0.3, 0.4) is 0 Å². The van der Waals surface area contributed by atoms with Gasteiger partial charge in [-0.1, -0.05) is 19.1 Å². The summed E-state index contributed by atoms with van der Waals surface area (Å²) in [5, 5.41) is 3.42. The highest BCUT2D eigenvalue weighted by Crippen LogP contribution is 2.15. The second kappa shape index (κ2) is 10.7. The maximum atomic E-state index is 5.17. The van der Waals surface area contributed by atoms with Gasteiger partial charge >= 0.3 is 0 Å². The van der Waals surface area contributed by atoms with Crippen molar-refractivity contribution in [1.29, 1.82) is 0 Å². The highest BCUT2D eigenvalue weighted by Gasteiger charge is 2.06. The normalized spacial score (nSPS) is 10.8. The van der Waals surface area contributed by atoms with Gasteiger partial charge in [0.15, 0.2) is 0 Å². The maximum Gasteiger partial charge on any atom is 0.0637 e. The number of benzene rings is 1. The van der Waals surface area contributed by atoms with Crippen LogP contribution in [0.15, 0.2) is 24.3 Å². The van der Waals surface area contributed by atoms with Gasteiger partial charge in [0, 0.05) is 39.5 Å². The lowest BCUT2D eigenvalue weighted by molar-refractivity contribution is 0.190. The standard InChI is InChI=1S/C16H28N2O2/c1-4-9-17-14-15-5-7-16(8-6-15)18(10-12-19-2)11-13-20-3/h5-8,17H,4,9-14H2,1-3H3. The zero-order valence-electron chi connectivity index (χ0n) is 13.0. The molecule has 0 aliphatic heterocycles. The van der Waals surface area contributed by atoms with Crippen LogP contribution in [0.2, 0.25) is 0 Å². The minimum atomic E-state index is 0.726. The molecular formula is C16H28N2O2. The second-order valence-corrected chi connectivity index (χ2v) is 4.82. The molecule has 0 aromatic heterocycles. The van der Waals surface area contributed by atoms with E-state index in [2.05, 4.69) is 41.4 Å². The molecule has 4 nitrogen and oxygen atoms in total. The molecule has 1 N–H and O–H groups in total. The van der Waals surface area contributed by atoms with E-state index < -0.39 is 0 Å². The summed E-state index contributed by atoms with van der Waals surface area (Å²) < 4.78 is 10.3. The number of nitrogens with zero attached hydrogens (tertiary/aromatic N) is 1. The highest BCUT2D eigenvalue weighted by molar-refractivity contribution is 5.47.